The summed E-state index contributed by atoms with van der Waals surface area (Å²) < 4.78 is 11.4. The zero-order chi connectivity index (χ0) is 25.2. The molecular formula is C25H25NO9. The van der Waals surface area contributed by atoms with E-state index in [9.17, 15) is 34.8 Å². The van der Waals surface area contributed by atoms with E-state index < -0.39 is 59.0 Å². The fourth-order valence-electron chi connectivity index (χ4n) is 5.13. The van der Waals surface area contributed by atoms with Crippen LogP contribution in [-0.4, -0.2) is 68.4 Å². The van der Waals surface area contributed by atoms with Crippen molar-refractivity contribution in [2.45, 2.75) is 56.3 Å². The number of fused-ring (bicyclic) bond motifs is 3. The molecule has 5 atom stereocenters. The normalized spacial score (nSPS) is 29.8. The van der Waals surface area contributed by atoms with Gasteiger partial charge in [-0.15, -0.1) is 0 Å². The lowest BCUT2D eigenvalue weighted by Gasteiger charge is -2.41. The molecule has 184 valence electrons. The number of hydrogen-bond donors (Lipinski definition) is 5. The van der Waals surface area contributed by atoms with Crippen molar-refractivity contribution in [2.75, 3.05) is 6.61 Å². The maximum absolute atomic E-state index is 13.3. The second-order valence-electron chi connectivity index (χ2n) is 9.39. The largest absolute Gasteiger partial charge is 0.507 e. The average molecular weight is 483 g/mol. The van der Waals surface area contributed by atoms with Crippen LogP contribution in [0, 0.1) is 0 Å². The maximum Gasteiger partial charge on any atom is 0.198 e. The molecule has 0 unspecified atom stereocenters. The minimum absolute atomic E-state index is 0.0344. The van der Waals surface area contributed by atoms with E-state index in [-0.39, 0.29) is 59.3 Å². The molecule has 6 N–H and O–H groups in total. The summed E-state index contributed by atoms with van der Waals surface area (Å²) in [6.07, 6.45) is -4.74. The Kier molecular flexibility index (Phi) is 5.53. The average Bonchev–Trinajstić information content (AvgIpc) is 2.82. The highest BCUT2D eigenvalue weighted by Crippen LogP contribution is 2.51. The summed E-state index contributed by atoms with van der Waals surface area (Å²) in [7, 11) is 0. The predicted molar refractivity (Wildman–Crippen MR) is 119 cm³/mol. The highest BCUT2D eigenvalue weighted by Gasteiger charge is 2.48. The second kappa shape index (κ2) is 8.21. The van der Waals surface area contributed by atoms with Gasteiger partial charge in [-0.2, -0.15) is 0 Å². The van der Waals surface area contributed by atoms with Gasteiger partial charge in [0, 0.05) is 41.5 Å². The number of ketones is 3. The van der Waals surface area contributed by atoms with E-state index in [1.165, 1.54) is 19.1 Å². The Morgan fingerprint density at radius 2 is 1.66 bits per heavy atom. The van der Waals surface area contributed by atoms with E-state index in [1.54, 1.807) is 12.1 Å². The fourth-order valence-corrected chi connectivity index (χ4v) is 5.13. The van der Waals surface area contributed by atoms with Gasteiger partial charge in [-0.25, -0.2) is 0 Å². The van der Waals surface area contributed by atoms with Gasteiger partial charge in [0.1, 0.15) is 23.4 Å². The molecule has 2 aromatic carbocycles. The maximum atomic E-state index is 13.3. The summed E-state index contributed by atoms with van der Waals surface area (Å²) in [6.45, 7) is 1.09. The quantitative estimate of drug-likeness (QED) is 0.332. The molecule has 0 radical (unpaired) electrons. The van der Waals surface area contributed by atoms with Gasteiger partial charge >= 0.3 is 0 Å². The summed E-state index contributed by atoms with van der Waals surface area (Å²) in [6, 6.07) is 6.10. The number of ether oxygens (including phenoxy) is 2. The third kappa shape index (κ3) is 3.57. The molecule has 35 heavy (non-hydrogen) atoms. The highest BCUT2D eigenvalue weighted by atomic mass is 16.7. The van der Waals surface area contributed by atoms with Crippen molar-refractivity contribution < 1.29 is 44.3 Å². The topological polar surface area (TPSA) is 177 Å². The van der Waals surface area contributed by atoms with Gasteiger partial charge in [0.2, 0.25) is 0 Å². The second-order valence-corrected chi connectivity index (χ2v) is 9.39. The van der Waals surface area contributed by atoms with Crippen LogP contribution < -0.4 is 5.73 Å². The van der Waals surface area contributed by atoms with Crippen LogP contribution in [0.4, 0.5) is 0 Å². The van der Waals surface area contributed by atoms with Gasteiger partial charge in [0.15, 0.2) is 17.9 Å². The summed E-state index contributed by atoms with van der Waals surface area (Å²) in [5.41, 5.74) is 4.47. The Labute approximate surface area is 199 Å². The molecule has 0 spiro atoms. The minimum Gasteiger partial charge on any atom is -0.507 e. The van der Waals surface area contributed by atoms with Crippen molar-refractivity contribution >= 4 is 17.3 Å². The zero-order valence-corrected chi connectivity index (χ0v) is 18.9. The molecule has 1 fully saturated rings. The van der Waals surface area contributed by atoms with Crippen LogP contribution in [-0.2, 0) is 20.7 Å². The van der Waals surface area contributed by atoms with Crippen LogP contribution in [0.25, 0.3) is 0 Å². The first kappa shape index (κ1) is 23.6. The van der Waals surface area contributed by atoms with E-state index in [2.05, 4.69) is 0 Å². The fraction of sp³-hybridized carbons (Fsp3) is 0.400. The molecule has 0 bridgehead atoms. The van der Waals surface area contributed by atoms with Crippen molar-refractivity contribution in [1.29, 1.82) is 0 Å². The zero-order valence-electron chi connectivity index (χ0n) is 18.9. The van der Waals surface area contributed by atoms with Crippen LogP contribution in [0.5, 0.6) is 11.5 Å². The Hall–Kier alpha value is -3.15. The van der Waals surface area contributed by atoms with E-state index in [0.717, 1.165) is 0 Å². The van der Waals surface area contributed by atoms with Gasteiger partial charge in [-0.1, -0.05) is 24.3 Å². The van der Waals surface area contributed by atoms with Crippen molar-refractivity contribution in [3.05, 3.63) is 57.6 Å². The van der Waals surface area contributed by atoms with Crippen molar-refractivity contribution in [2.24, 2.45) is 5.73 Å². The SMILES string of the molecule is CC(=O)[C@]1(N)Cc2c(O)c3c(c(O)c2[C@@H](O[C@H]2C[C@@H](O)[C@@H](O)CO2)C1)C(=O)c1ccccc1C3=O. The van der Waals surface area contributed by atoms with Crippen molar-refractivity contribution in [3.63, 3.8) is 0 Å². The van der Waals surface area contributed by atoms with Crippen LogP contribution in [0.15, 0.2) is 24.3 Å². The Bertz CT molecular complexity index is 1270. The monoisotopic (exact) mass is 483 g/mol. The molecule has 1 saturated heterocycles. The molecule has 0 saturated carbocycles. The number of carbonyl (C=O) groups excluding carboxylic acids is 3. The number of rotatable bonds is 3. The molecule has 2 aliphatic carbocycles. The summed E-state index contributed by atoms with van der Waals surface area (Å²) in [4.78, 5) is 39.0. The van der Waals surface area contributed by atoms with Crippen molar-refractivity contribution in [1.82, 2.24) is 0 Å². The first-order valence-corrected chi connectivity index (χ1v) is 11.3. The van der Waals surface area contributed by atoms with E-state index in [4.69, 9.17) is 15.2 Å². The number of benzene rings is 2. The smallest absolute Gasteiger partial charge is 0.198 e. The van der Waals surface area contributed by atoms with Crippen LogP contribution in [0.1, 0.15) is 68.8 Å². The summed E-state index contributed by atoms with van der Waals surface area (Å²) in [5.74, 6) is -2.74. The molecule has 1 aliphatic heterocycles. The van der Waals surface area contributed by atoms with Crippen molar-refractivity contribution in [3.8, 4) is 11.5 Å². The number of phenols is 2. The van der Waals surface area contributed by atoms with Gasteiger partial charge < -0.3 is 35.6 Å². The first-order chi connectivity index (χ1) is 16.5. The lowest BCUT2D eigenvalue weighted by molar-refractivity contribution is -0.238. The standard InChI is InChI=1S/C25H25NO9/c1-10(27)25(26)7-13-18(16(8-25)35-17-6-14(28)15(29)9-34-17)24(33)20-19(23(13)32)21(30)11-4-2-3-5-12(11)22(20)31/h2-5,14-17,28-29,32-33H,6-9,26H2,1H3/t14-,15+,16+,17+,25+/m1/s1. The minimum atomic E-state index is -1.50. The lowest BCUT2D eigenvalue weighted by Crippen LogP contribution is -2.53. The summed E-state index contributed by atoms with van der Waals surface area (Å²) in [5, 5.41) is 42.3. The summed E-state index contributed by atoms with van der Waals surface area (Å²) >= 11 is 0. The molecule has 2 aromatic rings. The number of aliphatic hydroxyl groups is 2. The number of hydrogen-bond acceptors (Lipinski definition) is 10. The van der Waals surface area contributed by atoms with Gasteiger partial charge in [-0.3, -0.25) is 14.4 Å². The number of aliphatic hydroxyl groups excluding tert-OH is 2. The first-order valence-electron chi connectivity index (χ1n) is 11.3. The molecule has 10 heteroatoms. The van der Waals surface area contributed by atoms with E-state index >= 15 is 0 Å². The highest BCUT2D eigenvalue weighted by molar-refractivity contribution is 6.30. The van der Waals surface area contributed by atoms with Crippen LogP contribution >= 0.6 is 0 Å². The molecular weight excluding hydrogens is 458 g/mol. The number of nitrogens with two attached hydrogens (primary N) is 1. The van der Waals surface area contributed by atoms with Gasteiger partial charge in [0.25, 0.3) is 0 Å². The molecule has 5 rings (SSSR count). The Balaban J connectivity index is 1.67. The van der Waals surface area contributed by atoms with Gasteiger partial charge in [-0.05, 0) is 6.92 Å². The molecule has 10 nitrogen and oxygen atoms in total. The Morgan fingerprint density at radius 1 is 1.06 bits per heavy atom. The predicted octanol–water partition coefficient (Wildman–Crippen LogP) is 0.632. The van der Waals surface area contributed by atoms with Gasteiger partial charge in [0.05, 0.1) is 35.5 Å². The molecule has 0 amide bonds. The van der Waals surface area contributed by atoms with Crippen LogP contribution in [0.3, 0.4) is 0 Å². The number of aromatic hydroxyl groups is 2. The third-order valence-corrected chi connectivity index (χ3v) is 7.17. The number of Topliss-reactive ketones (excluding diaryl/α,β-unsaturated/α-hetero) is 1. The molecule has 0 aromatic heterocycles. The molecule has 1 heterocycles. The van der Waals surface area contributed by atoms with E-state index in [0.29, 0.717) is 0 Å². The Morgan fingerprint density at radius 3 is 2.23 bits per heavy atom. The van der Waals surface area contributed by atoms with Crippen LogP contribution in [0.2, 0.25) is 0 Å². The lowest BCUT2D eigenvalue weighted by atomic mass is 9.71. The van der Waals surface area contributed by atoms with E-state index in [1.807, 2.05) is 0 Å². The molecule has 3 aliphatic rings. The number of phenolic OH excluding ortho intramolecular Hbond substituents is 2. The third-order valence-electron chi connectivity index (χ3n) is 7.17. The number of carbonyl (C=O) groups is 3.